The van der Waals surface area contributed by atoms with Crippen LogP contribution in [0.5, 0.6) is 5.75 Å². The molecule has 0 bridgehead atoms. The molecule has 2 fully saturated rings. The van der Waals surface area contributed by atoms with E-state index < -0.39 is 0 Å². The number of urea groups is 1. The van der Waals surface area contributed by atoms with Crippen molar-refractivity contribution in [1.82, 2.24) is 14.7 Å². The number of hydrogen-bond acceptors (Lipinski definition) is 4. The molecule has 4 rings (SSSR count). The summed E-state index contributed by atoms with van der Waals surface area (Å²) in [4.78, 5) is 30.7. The lowest BCUT2D eigenvalue weighted by Crippen LogP contribution is -2.51. The third-order valence-corrected chi connectivity index (χ3v) is 6.93. The molecule has 164 valence electrons. The highest BCUT2D eigenvalue weighted by atomic mass is 16.5. The summed E-state index contributed by atoms with van der Waals surface area (Å²) < 4.78 is 11.7. The molecule has 0 saturated carbocycles. The Bertz CT molecular complexity index is 794. The molecule has 3 heterocycles. The third kappa shape index (κ3) is 3.87. The summed E-state index contributed by atoms with van der Waals surface area (Å²) in [5, 5.41) is 0. The van der Waals surface area contributed by atoms with Crippen LogP contribution in [0.15, 0.2) is 18.2 Å². The van der Waals surface area contributed by atoms with E-state index in [9.17, 15) is 9.59 Å². The summed E-state index contributed by atoms with van der Waals surface area (Å²) in [6.07, 6.45) is 4.06. The van der Waals surface area contributed by atoms with E-state index in [1.807, 2.05) is 15.9 Å². The molecular formula is C23H33N3O4. The van der Waals surface area contributed by atoms with Crippen LogP contribution in [0.3, 0.4) is 0 Å². The Morgan fingerprint density at radius 1 is 1.10 bits per heavy atom. The van der Waals surface area contributed by atoms with Crippen LogP contribution in [0.25, 0.3) is 0 Å². The van der Waals surface area contributed by atoms with Crippen LogP contribution >= 0.6 is 0 Å². The highest BCUT2D eigenvalue weighted by Gasteiger charge is 2.42. The first-order valence-corrected chi connectivity index (χ1v) is 11.0. The average molecular weight is 416 g/mol. The summed E-state index contributed by atoms with van der Waals surface area (Å²) in [6.45, 7) is 3.47. The molecule has 1 aromatic carbocycles. The van der Waals surface area contributed by atoms with Gasteiger partial charge in [0, 0.05) is 46.2 Å². The van der Waals surface area contributed by atoms with Crippen molar-refractivity contribution in [3.63, 3.8) is 0 Å². The van der Waals surface area contributed by atoms with Gasteiger partial charge in [-0.2, -0.15) is 0 Å². The standard InChI is InChI=1S/C23H33N3O4/c1-24(2)22(28)26-11-6-17(7-12-26)21(27)25-13-9-23(10-14-25)20-5-4-19(29-3)16-18(20)8-15-30-23/h4-5,16-17H,6-15H2,1-3H3. The zero-order valence-corrected chi connectivity index (χ0v) is 18.4. The number of ether oxygens (including phenoxy) is 2. The Kier molecular flexibility index (Phi) is 5.91. The van der Waals surface area contributed by atoms with Gasteiger partial charge in [0.1, 0.15) is 5.75 Å². The van der Waals surface area contributed by atoms with E-state index in [0.717, 1.165) is 50.9 Å². The monoisotopic (exact) mass is 415 g/mol. The maximum atomic E-state index is 13.1. The first kappa shape index (κ1) is 21.0. The van der Waals surface area contributed by atoms with Gasteiger partial charge in [-0.3, -0.25) is 4.79 Å². The second-order valence-corrected chi connectivity index (χ2v) is 8.88. The average Bonchev–Trinajstić information content (AvgIpc) is 2.78. The lowest BCUT2D eigenvalue weighted by atomic mass is 9.79. The molecule has 7 nitrogen and oxygen atoms in total. The number of likely N-dealkylation sites (tertiary alicyclic amines) is 2. The molecule has 1 spiro atoms. The van der Waals surface area contributed by atoms with E-state index >= 15 is 0 Å². The van der Waals surface area contributed by atoms with E-state index in [1.54, 1.807) is 26.1 Å². The summed E-state index contributed by atoms with van der Waals surface area (Å²) in [5.41, 5.74) is 2.29. The summed E-state index contributed by atoms with van der Waals surface area (Å²) in [6, 6.07) is 6.31. The Morgan fingerprint density at radius 2 is 1.80 bits per heavy atom. The number of carbonyl (C=O) groups excluding carboxylic acids is 2. The van der Waals surface area contributed by atoms with Crippen molar-refractivity contribution in [2.24, 2.45) is 5.92 Å². The molecule has 0 atom stereocenters. The van der Waals surface area contributed by atoms with Gasteiger partial charge in [0.15, 0.2) is 0 Å². The number of nitrogens with zero attached hydrogens (tertiary/aromatic N) is 3. The predicted molar refractivity (Wildman–Crippen MR) is 114 cm³/mol. The van der Waals surface area contributed by atoms with Gasteiger partial charge in [0.2, 0.25) is 5.91 Å². The number of carbonyl (C=O) groups is 2. The second-order valence-electron chi connectivity index (χ2n) is 8.88. The number of fused-ring (bicyclic) bond motifs is 2. The van der Waals surface area contributed by atoms with Gasteiger partial charge in [-0.1, -0.05) is 6.07 Å². The Balaban J connectivity index is 1.37. The third-order valence-electron chi connectivity index (χ3n) is 6.93. The first-order valence-electron chi connectivity index (χ1n) is 11.0. The van der Waals surface area contributed by atoms with Crippen molar-refractivity contribution in [2.45, 2.75) is 37.7 Å². The van der Waals surface area contributed by atoms with Crippen LogP contribution in [-0.4, -0.2) is 80.6 Å². The minimum absolute atomic E-state index is 0.0223. The van der Waals surface area contributed by atoms with Crippen molar-refractivity contribution in [3.8, 4) is 5.75 Å². The molecular weight excluding hydrogens is 382 g/mol. The number of methoxy groups -OCH3 is 1. The predicted octanol–water partition coefficient (Wildman–Crippen LogP) is 2.48. The zero-order valence-electron chi connectivity index (χ0n) is 18.4. The fourth-order valence-corrected chi connectivity index (χ4v) is 5.14. The van der Waals surface area contributed by atoms with Crippen LogP contribution in [0.2, 0.25) is 0 Å². The van der Waals surface area contributed by atoms with Crippen molar-refractivity contribution in [1.29, 1.82) is 0 Å². The molecule has 0 aromatic heterocycles. The van der Waals surface area contributed by atoms with E-state index in [0.29, 0.717) is 19.7 Å². The smallest absolute Gasteiger partial charge is 0.319 e. The zero-order chi connectivity index (χ0) is 21.3. The molecule has 3 aliphatic rings. The highest BCUT2D eigenvalue weighted by Crippen LogP contribution is 2.42. The van der Waals surface area contributed by atoms with Gasteiger partial charge < -0.3 is 24.2 Å². The van der Waals surface area contributed by atoms with Gasteiger partial charge >= 0.3 is 6.03 Å². The van der Waals surface area contributed by atoms with Crippen LogP contribution in [0.4, 0.5) is 4.79 Å². The molecule has 0 radical (unpaired) electrons. The highest BCUT2D eigenvalue weighted by molar-refractivity contribution is 5.80. The largest absolute Gasteiger partial charge is 0.497 e. The summed E-state index contributed by atoms with van der Waals surface area (Å²) >= 11 is 0. The van der Waals surface area contributed by atoms with Gasteiger partial charge in [0.25, 0.3) is 0 Å². The molecule has 3 amide bonds. The second kappa shape index (κ2) is 8.46. The number of rotatable bonds is 2. The molecule has 0 aliphatic carbocycles. The van der Waals surface area contributed by atoms with E-state index in [2.05, 4.69) is 12.1 Å². The topological polar surface area (TPSA) is 62.3 Å². The summed E-state index contributed by atoms with van der Waals surface area (Å²) in [5.74, 6) is 1.15. The van der Waals surface area contributed by atoms with Gasteiger partial charge in [-0.15, -0.1) is 0 Å². The van der Waals surface area contributed by atoms with Crippen molar-refractivity contribution >= 4 is 11.9 Å². The lowest BCUT2D eigenvalue weighted by Gasteiger charge is -2.46. The fourth-order valence-electron chi connectivity index (χ4n) is 5.14. The van der Waals surface area contributed by atoms with Crippen molar-refractivity contribution in [3.05, 3.63) is 29.3 Å². The van der Waals surface area contributed by atoms with Gasteiger partial charge in [-0.05, 0) is 55.4 Å². The number of amides is 3. The molecule has 30 heavy (non-hydrogen) atoms. The normalized spacial score (nSPS) is 21.3. The molecule has 0 N–H and O–H groups in total. The van der Waals surface area contributed by atoms with E-state index in [-0.39, 0.29) is 23.5 Å². The fraction of sp³-hybridized carbons (Fsp3) is 0.652. The molecule has 2 saturated heterocycles. The van der Waals surface area contributed by atoms with Crippen LogP contribution < -0.4 is 4.74 Å². The maximum Gasteiger partial charge on any atom is 0.319 e. The minimum atomic E-state index is -0.280. The number of piperidine rings is 2. The van der Waals surface area contributed by atoms with Crippen molar-refractivity contribution < 1.29 is 19.1 Å². The van der Waals surface area contributed by atoms with Crippen LogP contribution in [0, 0.1) is 5.92 Å². The molecule has 0 unspecified atom stereocenters. The first-order chi connectivity index (χ1) is 14.4. The van der Waals surface area contributed by atoms with Gasteiger partial charge in [0.05, 0.1) is 19.3 Å². The van der Waals surface area contributed by atoms with Gasteiger partial charge in [-0.25, -0.2) is 4.79 Å². The number of hydrogen-bond donors (Lipinski definition) is 0. The Morgan fingerprint density at radius 3 is 2.43 bits per heavy atom. The quantitative estimate of drug-likeness (QED) is 0.745. The Hall–Kier alpha value is -2.28. The van der Waals surface area contributed by atoms with E-state index in [4.69, 9.17) is 9.47 Å². The SMILES string of the molecule is COc1ccc2c(c1)CCOC21CCN(C(=O)C2CCN(C(=O)N(C)C)CC2)CC1. The minimum Gasteiger partial charge on any atom is -0.497 e. The maximum absolute atomic E-state index is 13.1. The number of benzene rings is 1. The Labute approximate surface area is 178 Å². The van der Waals surface area contributed by atoms with Crippen LogP contribution in [-0.2, 0) is 21.6 Å². The molecule has 7 heteroatoms. The van der Waals surface area contributed by atoms with E-state index in [1.165, 1.54) is 11.1 Å². The molecule has 1 aromatic rings. The van der Waals surface area contributed by atoms with Crippen molar-refractivity contribution in [2.75, 3.05) is 54.0 Å². The molecule has 3 aliphatic heterocycles. The lowest BCUT2D eigenvalue weighted by molar-refractivity contribution is -0.146. The van der Waals surface area contributed by atoms with Crippen LogP contribution in [0.1, 0.15) is 36.8 Å². The summed E-state index contributed by atoms with van der Waals surface area (Å²) in [7, 11) is 5.23.